The van der Waals surface area contributed by atoms with Gasteiger partial charge in [0, 0.05) is 16.9 Å². The summed E-state index contributed by atoms with van der Waals surface area (Å²) in [6, 6.07) is 23.6. The maximum Gasteiger partial charge on any atom is 0.123 e. The second-order valence-electron chi connectivity index (χ2n) is 5.46. The minimum atomic E-state index is 0.278. The summed E-state index contributed by atoms with van der Waals surface area (Å²) in [7, 11) is 0. The van der Waals surface area contributed by atoms with Crippen molar-refractivity contribution < 1.29 is 5.11 Å². The van der Waals surface area contributed by atoms with Gasteiger partial charge in [0.25, 0.3) is 0 Å². The molecule has 3 aromatic carbocycles. The maximum atomic E-state index is 10.1. The van der Waals surface area contributed by atoms with Crippen molar-refractivity contribution in [3.05, 3.63) is 78.4 Å². The fourth-order valence-corrected chi connectivity index (χ4v) is 2.55. The molecule has 0 unspecified atom stereocenters. The number of hydrogen-bond acceptors (Lipinski definition) is 3. The van der Waals surface area contributed by atoms with Gasteiger partial charge < -0.3 is 16.2 Å². The molecule has 0 spiro atoms. The first-order valence-corrected chi connectivity index (χ1v) is 7.71. The van der Waals surface area contributed by atoms with Gasteiger partial charge in [-0.25, -0.2) is 0 Å². The largest absolute Gasteiger partial charge is 0.507 e. The number of hydrogen-bond donors (Lipinski definition) is 3. The molecular formula is C20H20N2O. The second-order valence-corrected chi connectivity index (χ2v) is 5.46. The van der Waals surface area contributed by atoms with Gasteiger partial charge in [0.1, 0.15) is 5.75 Å². The Morgan fingerprint density at radius 2 is 1.52 bits per heavy atom. The first kappa shape index (κ1) is 15.1. The van der Waals surface area contributed by atoms with Crippen molar-refractivity contribution in [1.29, 1.82) is 0 Å². The second kappa shape index (κ2) is 6.99. The number of aromatic hydroxyl groups is 1. The summed E-state index contributed by atoms with van der Waals surface area (Å²) in [5.74, 6) is 0.278. The molecule has 3 aromatic rings. The highest BCUT2D eigenvalue weighted by Crippen LogP contribution is 2.32. The van der Waals surface area contributed by atoms with Gasteiger partial charge in [0.15, 0.2) is 0 Å². The van der Waals surface area contributed by atoms with E-state index in [-0.39, 0.29) is 5.75 Å². The van der Waals surface area contributed by atoms with Crippen LogP contribution in [0.2, 0.25) is 0 Å². The molecule has 0 aliphatic rings. The lowest BCUT2D eigenvalue weighted by atomic mass is 10.0. The third kappa shape index (κ3) is 3.71. The summed E-state index contributed by atoms with van der Waals surface area (Å²) in [4.78, 5) is 0. The molecule has 0 atom stereocenters. The van der Waals surface area contributed by atoms with Crippen LogP contribution >= 0.6 is 0 Å². The molecule has 0 amide bonds. The Bertz CT molecular complexity index is 767. The number of nitrogens with one attached hydrogen (secondary N) is 1. The highest BCUT2D eigenvalue weighted by atomic mass is 16.3. The van der Waals surface area contributed by atoms with Crippen molar-refractivity contribution >= 4 is 11.4 Å². The van der Waals surface area contributed by atoms with Crippen LogP contribution in [0.4, 0.5) is 11.4 Å². The Morgan fingerprint density at radius 1 is 0.826 bits per heavy atom. The molecule has 0 aliphatic carbocycles. The van der Waals surface area contributed by atoms with Crippen LogP contribution in [0.25, 0.3) is 11.1 Å². The molecular weight excluding hydrogens is 284 g/mol. The molecule has 0 fully saturated rings. The van der Waals surface area contributed by atoms with Crippen LogP contribution in [0.3, 0.4) is 0 Å². The summed E-state index contributed by atoms with van der Waals surface area (Å²) in [6.07, 6.45) is 0.887. The highest BCUT2D eigenvalue weighted by molar-refractivity contribution is 5.75. The Kier molecular flexibility index (Phi) is 4.60. The summed E-state index contributed by atoms with van der Waals surface area (Å²) >= 11 is 0. The first-order valence-electron chi connectivity index (χ1n) is 7.71. The highest BCUT2D eigenvalue weighted by Gasteiger charge is 2.05. The van der Waals surface area contributed by atoms with E-state index in [2.05, 4.69) is 17.4 Å². The molecule has 0 heterocycles. The van der Waals surface area contributed by atoms with Gasteiger partial charge in [-0.05, 0) is 54.4 Å². The molecule has 0 saturated carbocycles. The van der Waals surface area contributed by atoms with Crippen molar-refractivity contribution in [1.82, 2.24) is 0 Å². The SMILES string of the molecule is NCCc1ccc(Nc2ccc(O)c(-c3ccccc3)c2)cc1. The number of phenolic OH excluding ortho intramolecular Hbond substituents is 1. The van der Waals surface area contributed by atoms with Crippen LogP contribution in [0.15, 0.2) is 72.8 Å². The molecule has 0 aromatic heterocycles. The predicted molar refractivity (Wildman–Crippen MR) is 96.0 cm³/mol. The van der Waals surface area contributed by atoms with Gasteiger partial charge >= 0.3 is 0 Å². The number of nitrogens with two attached hydrogens (primary N) is 1. The zero-order chi connectivity index (χ0) is 16.1. The summed E-state index contributed by atoms with van der Waals surface area (Å²) in [6.45, 7) is 0.658. The number of anilines is 2. The lowest BCUT2D eigenvalue weighted by Crippen LogP contribution is -2.02. The molecule has 3 rings (SSSR count). The van der Waals surface area contributed by atoms with E-state index in [0.29, 0.717) is 6.54 Å². The van der Waals surface area contributed by atoms with Crippen LogP contribution < -0.4 is 11.1 Å². The van der Waals surface area contributed by atoms with Gasteiger partial charge in [-0.3, -0.25) is 0 Å². The molecule has 3 nitrogen and oxygen atoms in total. The Morgan fingerprint density at radius 3 is 2.22 bits per heavy atom. The van der Waals surface area contributed by atoms with Gasteiger partial charge in [-0.2, -0.15) is 0 Å². The lowest BCUT2D eigenvalue weighted by Gasteiger charge is -2.11. The van der Waals surface area contributed by atoms with Crippen molar-refractivity contribution in [3.8, 4) is 16.9 Å². The zero-order valence-electron chi connectivity index (χ0n) is 12.9. The normalized spacial score (nSPS) is 10.5. The van der Waals surface area contributed by atoms with Gasteiger partial charge in [-0.15, -0.1) is 0 Å². The number of phenols is 1. The number of rotatable bonds is 5. The van der Waals surface area contributed by atoms with Gasteiger partial charge in [0.05, 0.1) is 0 Å². The summed E-state index contributed by atoms with van der Waals surface area (Å²) in [5, 5.41) is 13.5. The minimum Gasteiger partial charge on any atom is -0.507 e. The van der Waals surface area contributed by atoms with Gasteiger partial charge in [0.2, 0.25) is 0 Å². The van der Waals surface area contributed by atoms with Crippen LogP contribution in [0, 0.1) is 0 Å². The smallest absolute Gasteiger partial charge is 0.123 e. The molecule has 0 saturated heterocycles. The molecule has 4 N–H and O–H groups in total. The number of benzene rings is 3. The fourth-order valence-electron chi connectivity index (χ4n) is 2.55. The Hall–Kier alpha value is -2.78. The van der Waals surface area contributed by atoms with Crippen LogP contribution in [0.1, 0.15) is 5.56 Å². The average Bonchev–Trinajstić information content (AvgIpc) is 2.59. The topological polar surface area (TPSA) is 58.3 Å². The van der Waals surface area contributed by atoms with Crippen molar-refractivity contribution in [2.75, 3.05) is 11.9 Å². The third-order valence-electron chi connectivity index (χ3n) is 3.76. The van der Waals surface area contributed by atoms with E-state index < -0.39 is 0 Å². The standard InChI is InChI=1S/C20H20N2O/c21-13-12-15-6-8-17(9-7-15)22-18-10-11-20(23)19(14-18)16-4-2-1-3-5-16/h1-11,14,22-23H,12-13,21H2. The lowest BCUT2D eigenvalue weighted by molar-refractivity contribution is 0.477. The molecule has 116 valence electrons. The molecule has 0 aliphatic heterocycles. The van der Waals surface area contributed by atoms with Gasteiger partial charge in [-0.1, -0.05) is 42.5 Å². The summed E-state index contributed by atoms with van der Waals surface area (Å²) in [5.41, 5.74) is 10.6. The molecule has 23 heavy (non-hydrogen) atoms. The van der Waals surface area contributed by atoms with Crippen molar-refractivity contribution in [2.24, 2.45) is 5.73 Å². The van der Waals surface area contributed by atoms with Crippen molar-refractivity contribution in [3.63, 3.8) is 0 Å². The van der Waals surface area contributed by atoms with E-state index in [9.17, 15) is 5.11 Å². The summed E-state index contributed by atoms with van der Waals surface area (Å²) < 4.78 is 0. The first-order chi connectivity index (χ1) is 11.3. The quantitative estimate of drug-likeness (QED) is 0.616. The van der Waals surface area contributed by atoms with Crippen LogP contribution in [0.5, 0.6) is 5.75 Å². The Labute approximate surface area is 136 Å². The maximum absolute atomic E-state index is 10.1. The van der Waals surface area contributed by atoms with E-state index in [0.717, 1.165) is 28.9 Å². The minimum absolute atomic E-state index is 0.278. The zero-order valence-corrected chi connectivity index (χ0v) is 12.9. The monoisotopic (exact) mass is 304 g/mol. The third-order valence-corrected chi connectivity index (χ3v) is 3.76. The fraction of sp³-hybridized carbons (Fsp3) is 0.100. The Balaban J connectivity index is 1.83. The van der Waals surface area contributed by atoms with E-state index in [1.807, 2.05) is 54.6 Å². The van der Waals surface area contributed by atoms with E-state index >= 15 is 0 Å². The molecule has 0 bridgehead atoms. The van der Waals surface area contributed by atoms with E-state index in [1.165, 1.54) is 5.56 Å². The molecule has 3 heteroatoms. The van der Waals surface area contributed by atoms with Crippen LogP contribution in [-0.4, -0.2) is 11.7 Å². The van der Waals surface area contributed by atoms with Crippen molar-refractivity contribution in [2.45, 2.75) is 6.42 Å². The average molecular weight is 304 g/mol. The molecule has 0 radical (unpaired) electrons. The van der Waals surface area contributed by atoms with E-state index in [4.69, 9.17) is 5.73 Å². The predicted octanol–water partition coefficient (Wildman–Crippen LogP) is 4.30. The van der Waals surface area contributed by atoms with E-state index in [1.54, 1.807) is 6.07 Å². The van der Waals surface area contributed by atoms with Crippen LogP contribution in [-0.2, 0) is 6.42 Å².